The summed E-state index contributed by atoms with van der Waals surface area (Å²) < 4.78 is 27.8. The molecule has 0 fully saturated rings. The number of H-pyrrole nitrogens is 1. The number of anilines is 1. The van der Waals surface area contributed by atoms with Crippen molar-refractivity contribution >= 4 is 37.7 Å². The van der Waals surface area contributed by atoms with Crippen LogP contribution in [0, 0.1) is 6.92 Å². The Morgan fingerprint density at radius 3 is 2.67 bits per heavy atom. The van der Waals surface area contributed by atoms with Crippen LogP contribution in [0.25, 0.3) is 33.1 Å². The van der Waals surface area contributed by atoms with Gasteiger partial charge in [-0.3, -0.25) is 9.82 Å². The summed E-state index contributed by atoms with van der Waals surface area (Å²) in [7, 11) is -0.602. The van der Waals surface area contributed by atoms with Crippen molar-refractivity contribution in [1.29, 1.82) is 0 Å². The molecule has 0 spiro atoms. The molecule has 27 heavy (non-hydrogen) atoms. The van der Waals surface area contributed by atoms with Gasteiger partial charge in [-0.15, -0.1) is 0 Å². The molecule has 4 aromatic rings. The number of aromatic nitrogens is 3. The zero-order valence-corrected chi connectivity index (χ0v) is 16.0. The van der Waals surface area contributed by atoms with Gasteiger partial charge in [0, 0.05) is 30.4 Å². The molecule has 4 rings (SSSR count). The van der Waals surface area contributed by atoms with E-state index in [0.717, 1.165) is 42.9 Å². The Kier molecular flexibility index (Phi) is 4.09. The normalized spacial score (nSPS) is 12.1. The van der Waals surface area contributed by atoms with Crippen LogP contribution >= 0.6 is 0 Å². The molecule has 0 saturated heterocycles. The van der Waals surface area contributed by atoms with E-state index in [1.165, 1.54) is 14.1 Å². The highest BCUT2D eigenvalue weighted by molar-refractivity contribution is 7.90. The molecule has 0 saturated carbocycles. The fourth-order valence-electron chi connectivity index (χ4n) is 2.95. The molecule has 0 aliphatic heterocycles. The number of nitrogens with one attached hydrogen (secondary N) is 2. The number of benzene rings is 2. The minimum absolute atomic E-state index is 0.476. The number of nitrogens with zero attached hydrogens (tertiary/aromatic N) is 3. The third kappa shape index (κ3) is 3.24. The van der Waals surface area contributed by atoms with Crippen molar-refractivity contribution in [3.63, 3.8) is 0 Å². The minimum Gasteiger partial charge on any atom is -0.278 e. The first kappa shape index (κ1) is 17.4. The van der Waals surface area contributed by atoms with Gasteiger partial charge in [-0.05, 0) is 36.8 Å². The zero-order valence-electron chi connectivity index (χ0n) is 15.2. The summed E-state index contributed by atoms with van der Waals surface area (Å²) in [5.41, 5.74) is 5.01. The third-order valence-electron chi connectivity index (χ3n) is 4.48. The molecular weight excluding hydrogens is 362 g/mol. The lowest BCUT2D eigenvalue weighted by Crippen LogP contribution is -2.28. The Balaban J connectivity index is 1.81. The van der Waals surface area contributed by atoms with Crippen LogP contribution in [0.2, 0.25) is 0 Å². The number of pyridine rings is 1. The van der Waals surface area contributed by atoms with Crippen molar-refractivity contribution in [1.82, 2.24) is 19.5 Å². The van der Waals surface area contributed by atoms with Crippen molar-refractivity contribution in [2.75, 3.05) is 18.8 Å². The van der Waals surface area contributed by atoms with Crippen LogP contribution in [-0.2, 0) is 10.2 Å². The Morgan fingerprint density at radius 1 is 1.07 bits per heavy atom. The summed E-state index contributed by atoms with van der Waals surface area (Å²) in [6.45, 7) is 2.02. The van der Waals surface area contributed by atoms with Gasteiger partial charge in [-0.25, -0.2) is 4.98 Å². The van der Waals surface area contributed by atoms with Crippen molar-refractivity contribution in [2.45, 2.75) is 6.92 Å². The average Bonchev–Trinajstić information content (AvgIpc) is 3.08. The maximum Gasteiger partial charge on any atom is 0.301 e. The predicted octanol–water partition coefficient (Wildman–Crippen LogP) is 3.30. The summed E-state index contributed by atoms with van der Waals surface area (Å²) >= 11 is 0. The average molecular weight is 381 g/mol. The lowest BCUT2D eigenvalue weighted by Gasteiger charge is -2.14. The van der Waals surface area contributed by atoms with Gasteiger partial charge in [0.2, 0.25) is 0 Å². The Labute approximate surface area is 157 Å². The van der Waals surface area contributed by atoms with E-state index in [9.17, 15) is 8.42 Å². The summed E-state index contributed by atoms with van der Waals surface area (Å²) in [6.07, 6.45) is 1.78. The summed E-state index contributed by atoms with van der Waals surface area (Å²) in [4.78, 5) is 4.75. The van der Waals surface area contributed by atoms with Gasteiger partial charge in [0.1, 0.15) is 0 Å². The van der Waals surface area contributed by atoms with Gasteiger partial charge >= 0.3 is 10.2 Å². The maximum absolute atomic E-state index is 12.1. The van der Waals surface area contributed by atoms with Gasteiger partial charge in [0.15, 0.2) is 0 Å². The van der Waals surface area contributed by atoms with Crippen LogP contribution in [0.3, 0.4) is 0 Å². The quantitative estimate of drug-likeness (QED) is 0.567. The largest absolute Gasteiger partial charge is 0.301 e. The lowest BCUT2D eigenvalue weighted by atomic mass is 10.0. The van der Waals surface area contributed by atoms with Gasteiger partial charge in [0.25, 0.3) is 0 Å². The number of fused-ring (bicyclic) bond motifs is 2. The highest BCUT2D eigenvalue weighted by Crippen LogP contribution is 2.28. The molecule has 2 N–H and O–H groups in total. The number of hydrogen-bond donors (Lipinski definition) is 2. The molecule has 8 heteroatoms. The first-order valence-corrected chi connectivity index (χ1v) is 9.83. The summed E-state index contributed by atoms with van der Waals surface area (Å²) in [6, 6.07) is 13.4. The van der Waals surface area contributed by atoms with E-state index in [0.29, 0.717) is 5.69 Å². The van der Waals surface area contributed by atoms with E-state index in [1.807, 2.05) is 37.3 Å². The molecule has 138 valence electrons. The Morgan fingerprint density at radius 2 is 1.89 bits per heavy atom. The monoisotopic (exact) mass is 381 g/mol. The number of aromatic amines is 1. The fraction of sp³-hybridized carbons (Fsp3) is 0.158. The highest BCUT2D eigenvalue weighted by atomic mass is 32.2. The highest BCUT2D eigenvalue weighted by Gasteiger charge is 2.14. The van der Waals surface area contributed by atoms with Crippen molar-refractivity contribution in [3.8, 4) is 11.3 Å². The van der Waals surface area contributed by atoms with Crippen molar-refractivity contribution < 1.29 is 8.42 Å². The van der Waals surface area contributed by atoms with Gasteiger partial charge < -0.3 is 0 Å². The molecular formula is C19H19N5O2S. The van der Waals surface area contributed by atoms with Gasteiger partial charge in [0.05, 0.1) is 28.6 Å². The second-order valence-corrected chi connectivity index (χ2v) is 8.50. The number of hydrogen-bond acceptors (Lipinski definition) is 4. The molecule has 0 radical (unpaired) electrons. The zero-order chi connectivity index (χ0) is 19.2. The molecule has 0 atom stereocenters. The molecule has 2 heterocycles. The first-order chi connectivity index (χ1) is 12.8. The molecule has 0 amide bonds. The van der Waals surface area contributed by atoms with Crippen molar-refractivity contribution in [3.05, 3.63) is 54.2 Å². The second kappa shape index (κ2) is 6.33. The van der Waals surface area contributed by atoms with E-state index in [2.05, 4.69) is 14.9 Å². The van der Waals surface area contributed by atoms with E-state index in [-0.39, 0.29) is 0 Å². The predicted molar refractivity (Wildman–Crippen MR) is 108 cm³/mol. The topological polar surface area (TPSA) is 91.0 Å². The minimum atomic E-state index is -3.57. The fourth-order valence-corrected chi connectivity index (χ4v) is 3.56. The Hall–Kier alpha value is -2.97. The molecule has 0 unspecified atom stereocenters. The van der Waals surface area contributed by atoms with Crippen molar-refractivity contribution in [2.24, 2.45) is 0 Å². The van der Waals surface area contributed by atoms with Crippen LogP contribution in [0.4, 0.5) is 5.69 Å². The lowest BCUT2D eigenvalue weighted by molar-refractivity contribution is 0.527. The molecule has 2 aromatic heterocycles. The van der Waals surface area contributed by atoms with Crippen LogP contribution < -0.4 is 4.72 Å². The van der Waals surface area contributed by atoms with Gasteiger partial charge in [-0.1, -0.05) is 18.2 Å². The van der Waals surface area contributed by atoms with Crippen LogP contribution in [0.1, 0.15) is 5.56 Å². The summed E-state index contributed by atoms with van der Waals surface area (Å²) in [5.74, 6) is 0. The number of aryl methyl sites for hydroxylation is 1. The van der Waals surface area contributed by atoms with Crippen LogP contribution in [0.5, 0.6) is 0 Å². The second-order valence-electron chi connectivity index (χ2n) is 6.62. The molecule has 0 aliphatic carbocycles. The van der Waals surface area contributed by atoms with E-state index < -0.39 is 10.2 Å². The standard InChI is InChI=1S/C19H19N5O2S/c1-12-8-17(13-4-5-14-11-20-22-18(14)9-13)21-19-10-15(6-7-16(12)19)23-27(25,26)24(2)3/h4-11,23H,1-3H3,(H,20,22). The maximum atomic E-state index is 12.1. The smallest absolute Gasteiger partial charge is 0.278 e. The van der Waals surface area contributed by atoms with Gasteiger partial charge in [-0.2, -0.15) is 17.8 Å². The van der Waals surface area contributed by atoms with E-state index >= 15 is 0 Å². The molecule has 7 nitrogen and oxygen atoms in total. The summed E-state index contributed by atoms with van der Waals surface area (Å²) in [5, 5.41) is 9.04. The third-order valence-corrected chi connectivity index (χ3v) is 5.94. The van der Waals surface area contributed by atoms with Crippen LogP contribution in [-0.4, -0.2) is 42.0 Å². The molecule has 2 aromatic carbocycles. The van der Waals surface area contributed by atoms with Crippen LogP contribution in [0.15, 0.2) is 48.7 Å². The first-order valence-electron chi connectivity index (χ1n) is 8.39. The Bertz CT molecular complexity index is 1260. The van der Waals surface area contributed by atoms with E-state index in [4.69, 9.17) is 4.98 Å². The molecule has 0 aliphatic rings. The number of rotatable bonds is 4. The van der Waals surface area contributed by atoms with E-state index in [1.54, 1.807) is 18.3 Å². The SMILES string of the molecule is Cc1cc(-c2ccc3cn[nH]c3c2)nc2cc(NS(=O)(=O)N(C)C)ccc12. The molecule has 0 bridgehead atoms.